The van der Waals surface area contributed by atoms with Crippen LogP contribution >= 0.6 is 0 Å². The molecule has 1 fully saturated rings. The van der Waals surface area contributed by atoms with Gasteiger partial charge in [-0.25, -0.2) is 9.18 Å². The van der Waals surface area contributed by atoms with Gasteiger partial charge in [-0.2, -0.15) is 0 Å². The summed E-state index contributed by atoms with van der Waals surface area (Å²) in [5, 5.41) is 5.56. The second-order valence-corrected chi connectivity index (χ2v) is 8.01. The van der Waals surface area contributed by atoms with Crippen molar-refractivity contribution >= 4 is 23.6 Å². The van der Waals surface area contributed by atoms with Gasteiger partial charge >= 0.3 is 6.09 Å². The lowest BCUT2D eigenvalue weighted by atomic mass is 10.00. The van der Waals surface area contributed by atoms with Gasteiger partial charge in [0.1, 0.15) is 5.82 Å². The molecule has 0 spiro atoms. The highest BCUT2D eigenvalue weighted by Gasteiger charge is 2.46. The van der Waals surface area contributed by atoms with Crippen LogP contribution < -0.4 is 10.6 Å². The van der Waals surface area contributed by atoms with Gasteiger partial charge in [-0.05, 0) is 41.0 Å². The fraction of sp³-hybridized carbons (Fsp3) is 0.192. The third-order valence-electron chi connectivity index (χ3n) is 5.46. The molecule has 1 saturated heterocycles. The van der Waals surface area contributed by atoms with Gasteiger partial charge < -0.3 is 15.4 Å². The highest BCUT2D eigenvalue weighted by atomic mass is 19.1. The van der Waals surface area contributed by atoms with Crippen molar-refractivity contribution in [3.63, 3.8) is 0 Å². The molecule has 174 valence electrons. The zero-order chi connectivity index (χ0) is 24.1. The van der Waals surface area contributed by atoms with E-state index < -0.39 is 24.1 Å². The first-order chi connectivity index (χ1) is 16.4. The van der Waals surface area contributed by atoms with Crippen molar-refractivity contribution in [1.29, 1.82) is 0 Å². The molecule has 3 aromatic rings. The van der Waals surface area contributed by atoms with Gasteiger partial charge in [-0.15, -0.1) is 0 Å². The van der Waals surface area contributed by atoms with E-state index in [0.717, 1.165) is 5.56 Å². The molecule has 0 aromatic heterocycles. The number of carbonyl (C=O) groups excluding carboxylic acids is 3. The first-order valence-corrected chi connectivity index (χ1v) is 10.8. The highest BCUT2D eigenvalue weighted by Crippen LogP contribution is 2.34. The monoisotopic (exact) mass is 461 g/mol. The average molecular weight is 461 g/mol. The molecule has 2 atom stereocenters. The maximum Gasteiger partial charge on any atom is 0.411 e. The summed E-state index contributed by atoms with van der Waals surface area (Å²) in [5.41, 5.74) is 2.64. The van der Waals surface area contributed by atoms with E-state index in [4.69, 9.17) is 4.74 Å². The number of halogens is 1. The molecule has 1 aliphatic heterocycles. The largest absolute Gasteiger partial charge is 0.438 e. The smallest absolute Gasteiger partial charge is 0.411 e. The zero-order valence-corrected chi connectivity index (χ0v) is 18.5. The molecule has 7 nitrogen and oxygen atoms in total. The van der Waals surface area contributed by atoms with E-state index in [-0.39, 0.29) is 24.9 Å². The molecule has 3 amide bonds. The van der Waals surface area contributed by atoms with Gasteiger partial charge in [0.15, 0.2) is 12.1 Å². The van der Waals surface area contributed by atoms with Gasteiger partial charge in [-0.3, -0.25) is 14.5 Å². The van der Waals surface area contributed by atoms with E-state index in [1.165, 1.54) is 24.0 Å². The Balaban J connectivity index is 1.60. The van der Waals surface area contributed by atoms with E-state index in [1.54, 1.807) is 36.4 Å². The predicted molar refractivity (Wildman–Crippen MR) is 124 cm³/mol. The van der Waals surface area contributed by atoms with Crippen LogP contribution in [-0.4, -0.2) is 28.8 Å². The summed E-state index contributed by atoms with van der Waals surface area (Å²) in [6, 6.07) is 21.1. The Kier molecular flexibility index (Phi) is 6.87. The molecule has 0 saturated carbocycles. The molecule has 0 aliphatic carbocycles. The van der Waals surface area contributed by atoms with Gasteiger partial charge in [-0.1, -0.05) is 54.6 Å². The SMILES string of the molecule is CC(=O)Nc1ccc([C@H]2OC(=O)N(Cc3cccc(F)c3)[C@H]2C(=O)NCc2ccccc2)cc1. The fourth-order valence-corrected chi connectivity index (χ4v) is 3.89. The van der Waals surface area contributed by atoms with Crippen molar-refractivity contribution in [1.82, 2.24) is 10.2 Å². The van der Waals surface area contributed by atoms with Crippen LogP contribution in [0.25, 0.3) is 0 Å². The Morgan fingerprint density at radius 1 is 0.971 bits per heavy atom. The number of nitrogens with one attached hydrogen (secondary N) is 2. The molecule has 0 bridgehead atoms. The number of cyclic esters (lactones) is 1. The molecule has 34 heavy (non-hydrogen) atoms. The second kappa shape index (κ2) is 10.2. The van der Waals surface area contributed by atoms with Gasteiger partial charge in [0.05, 0.1) is 6.54 Å². The Hall–Kier alpha value is -4.20. The molecule has 1 heterocycles. The number of rotatable bonds is 7. The number of ether oxygens (including phenoxy) is 1. The maximum atomic E-state index is 13.7. The first kappa shape index (κ1) is 23.0. The minimum absolute atomic E-state index is 0.0144. The lowest BCUT2D eigenvalue weighted by Gasteiger charge is -2.24. The van der Waals surface area contributed by atoms with Crippen molar-refractivity contribution in [2.24, 2.45) is 0 Å². The van der Waals surface area contributed by atoms with Crippen molar-refractivity contribution in [3.05, 3.63) is 101 Å². The Morgan fingerprint density at radius 2 is 1.68 bits per heavy atom. The minimum atomic E-state index is -0.967. The summed E-state index contributed by atoms with van der Waals surface area (Å²) in [5.74, 6) is -1.03. The number of anilines is 1. The molecule has 0 radical (unpaired) electrons. The summed E-state index contributed by atoms with van der Waals surface area (Å²) in [6.45, 7) is 1.71. The molecular weight excluding hydrogens is 437 g/mol. The van der Waals surface area contributed by atoms with Crippen LogP contribution in [0.5, 0.6) is 0 Å². The van der Waals surface area contributed by atoms with Crippen molar-refractivity contribution in [2.45, 2.75) is 32.2 Å². The van der Waals surface area contributed by atoms with Crippen molar-refractivity contribution in [3.8, 4) is 0 Å². The number of carbonyl (C=O) groups is 3. The quantitative estimate of drug-likeness (QED) is 0.553. The number of hydrogen-bond acceptors (Lipinski definition) is 4. The summed E-state index contributed by atoms with van der Waals surface area (Å²) < 4.78 is 19.3. The topological polar surface area (TPSA) is 87.7 Å². The van der Waals surface area contributed by atoms with E-state index >= 15 is 0 Å². The molecule has 3 aromatic carbocycles. The molecule has 4 rings (SSSR count). The van der Waals surface area contributed by atoms with Crippen LogP contribution in [0.1, 0.15) is 29.7 Å². The first-order valence-electron chi connectivity index (χ1n) is 10.8. The molecule has 2 N–H and O–H groups in total. The zero-order valence-electron chi connectivity index (χ0n) is 18.5. The minimum Gasteiger partial charge on any atom is -0.438 e. The van der Waals surface area contributed by atoms with Crippen molar-refractivity contribution < 1.29 is 23.5 Å². The predicted octanol–water partition coefficient (Wildman–Crippen LogP) is 4.16. The van der Waals surface area contributed by atoms with Crippen LogP contribution in [-0.2, 0) is 27.4 Å². The number of nitrogens with zero attached hydrogens (tertiary/aromatic N) is 1. The van der Waals surface area contributed by atoms with Crippen LogP contribution in [0.4, 0.5) is 14.9 Å². The highest BCUT2D eigenvalue weighted by molar-refractivity contribution is 5.90. The Labute approximate surface area is 196 Å². The fourth-order valence-electron chi connectivity index (χ4n) is 3.89. The lowest BCUT2D eigenvalue weighted by Crippen LogP contribution is -2.46. The maximum absolute atomic E-state index is 13.7. The van der Waals surface area contributed by atoms with Crippen LogP contribution in [0, 0.1) is 5.82 Å². The third kappa shape index (κ3) is 5.40. The lowest BCUT2D eigenvalue weighted by molar-refractivity contribution is -0.126. The van der Waals surface area contributed by atoms with Crippen LogP contribution in [0.3, 0.4) is 0 Å². The molecule has 8 heteroatoms. The summed E-state index contributed by atoms with van der Waals surface area (Å²) >= 11 is 0. The normalized spacial score (nSPS) is 17.2. The van der Waals surface area contributed by atoms with Crippen LogP contribution in [0.2, 0.25) is 0 Å². The standard InChI is InChI=1S/C26H24FN3O4/c1-17(31)29-22-12-10-20(11-13-22)24-23(25(32)28-15-18-6-3-2-4-7-18)30(26(33)34-24)16-19-8-5-9-21(27)14-19/h2-14,23-24H,15-16H2,1H3,(H,28,32)(H,29,31)/t23-,24-/m1/s1. The Morgan fingerprint density at radius 3 is 2.35 bits per heavy atom. The van der Waals surface area contributed by atoms with Gasteiger partial charge in [0.25, 0.3) is 0 Å². The van der Waals surface area contributed by atoms with E-state index in [9.17, 15) is 18.8 Å². The van der Waals surface area contributed by atoms with Crippen molar-refractivity contribution in [2.75, 3.05) is 5.32 Å². The number of amides is 3. The van der Waals surface area contributed by atoms with Gasteiger partial charge in [0, 0.05) is 19.2 Å². The van der Waals surface area contributed by atoms with Gasteiger partial charge in [0.2, 0.25) is 11.8 Å². The molecular formula is C26H24FN3O4. The molecule has 0 unspecified atom stereocenters. The Bertz CT molecular complexity index is 1180. The third-order valence-corrected chi connectivity index (χ3v) is 5.46. The second-order valence-electron chi connectivity index (χ2n) is 8.01. The van der Waals surface area contributed by atoms with E-state index in [2.05, 4.69) is 10.6 Å². The van der Waals surface area contributed by atoms with E-state index in [1.807, 2.05) is 30.3 Å². The average Bonchev–Trinajstić information content (AvgIpc) is 3.14. The number of hydrogen-bond donors (Lipinski definition) is 2. The van der Waals surface area contributed by atoms with Crippen LogP contribution in [0.15, 0.2) is 78.9 Å². The summed E-state index contributed by atoms with van der Waals surface area (Å²) in [6.07, 6.45) is -1.54. The number of benzene rings is 3. The summed E-state index contributed by atoms with van der Waals surface area (Å²) in [7, 11) is 0. The summed E-state index contributed by atoms with van der Waals surface area (Å²) in [4.78, 5) is 38.7. The van der Waals surface area contributed by atoms with E-state index in [0.29, 0.717) is 16.8 Å². The molecule has 1 aliphatic rings.